The fourth-order valence-corrected chi connectivity index (χ4v) is 2.78. The lowest BCUT2D eigenvalue weighted by atomic mass is 10.2. The molecule has 2 amide bonds. The topological polar surface area (TPSA) is 120 Å². The fourth-order valence-electron chi connectivity index (χ4n) is 2.78. The number of esters is 2. The molecule has 2 aromatic rings. The number of rotatable bonds is 12. The van der Waals surface area contributed by atoms with Crippen molar-refractivity contribution in [3.05, 3.63) is 54.1 Å². The van der Waals surface area contributed by atoms with Crippen LogP contribution < -0.4 is 15.4 Å². The summed E-state index contributed by atoms with van der Waals surface area (Å²) in [4.78, 5) is 47.8. The van der Waals surface area contributed by atoms with Gasteiger partial charge in [0.2, 0.25) is 5.91 Å². The van der Waals surface area contributed by atoms with Crippen molar-refractivity contribution in [2.75, 3.05) is 31.0 Å². The van der Waals surface area contributed by atoms with Gasteiger partial charge in [0.05, 0.1) is 25.0 Å². The molecule has 34 heavy (non-hydrogen) atoms. The number of carbonyl (C=O) groups excluding carboxylic acids is 4. The van der Waals surface area contributed by atoms with Gasteiger partial charge in [-0.1, -0.05) is 26.0 Å². The first-order chi connectivity index (χ1) is 16.3. The molecule has 2 N–H and O–H groups in total. The van der Waals surface area contributed by atoms with E-state index >= 15 is 0 Å². The molecule has 0 bridgehead atoms. The summed E-state index contributed by atoms with van der Waals surface area (Å²) in [6.45, 7) is 3.80. The van der Waals surface area contributed by atoms with Crippen molar-refractivity contribution >= 4 is 35.1 Å². The summed E-state index contributed by atoms with van der Waals surface area (Å²) in [6.07, 6.45) is 0.356. The molecule has 0 heterocycles. The Morgan fingerprint density at radius 3 is 2.24 bits per heavy atom. The number of hydrogen-bond acceptors (Lipinski definition) is 7. The molecule has 0 saturated heterocycles. The molecule has 0 unspecified atom stereocenters. The van der Waals surface area contributed by atoms with E-state index in [0.717, 1.165) is 0 Å². The molecule has 2 rings (SSSR count). The molecule has 0 aromatic heterocycles. The van der Waals surface area contributed by atoms with Crippen LogP contribution in [0.15, 0.2) is 48.5 Å². The third-order valence-corrected chi connectivity index (χ3v) is 4.48. The Kier molecular flexibility index (Phi) is 10.6. The number of anilines is 2. The lowest BCUT2D eigenvalue weighted by Gasteiger charge is -2.10. The van der Waals surface area contributed by atoms with Crippen molar-refractivity contribution in [2.45, 2.75) is 33.1 Å². The van der Waals surface area contributed by atoms with Crippen molar-refractivity contribution in [2.24, 2.45) is 5.92 Å². The number of carbonyl (C=O) groups is 4. The first kappa shape index (κ1) is 26.4. The third kappa shape index (κ3) is 9.32. The number of methoxy groups -OCH3 is 1. The summed E-state index contributed by atoms with van der Waals surface area (Å²) in [5, 5.41) is 5.31. The van der Waals surface area contributed by atoms with Crippen molar-refractivity contribution in [1.82, 2.24) is 0 Å². The molecule has 0 aliphatic carbocycles. The van der Waals surface area contributed by atoms with Gasteiger partial charge >= 0.3 is 11.9 Å². The summed E-state index contributed by atoms with van der Waals surface area (Å²) in [5.74, 6) is -1.03. The maximum Gasteiger partial charge on any atom is 0.338 e. The lowest BCUT2D eigenvalue weighted by Crippen LogP contribution is -2.21. The zero-order chi connectivity index (χ0) is 24.9. The SMILES string of the molecule is COc1ccccc1NC(=O)COC(=O)CCCC(=O)Nc1ccc(C(=O)OCC(C)C)cc1. The van der Waals surface area contributed by atoms with Gasteiger partial charge < -0.3 is 24.8 Å². The summed E-state index contributed by atoms with van der Waals surface area (Å²) in [7, 11) is 1.49. The number of hydrogen-bond donors (Lipinski definition) is 2. The van der Waals surface area contributed by atoms with Crippen molar-refractivity contribution in [3.8, 4) is 5.75 Å². The number of para-hydroxylation sites is 2. The van der Waals surface area contributed by atoms with Crippen LogP contribution in [0.4, 0.5) is 11.4 Å². The number of benzene rings is 2. The molecule has 0 spiro atoms. The van der Waals surface area contributed by atoms with Crippen LogP contribution in [0.1, 0.15) is 43.5 Å². The van der Waals surface area contributed by atoms with Crippen LogP contribution in [-0.2, 0) is 23.9 Å². The van der Waals surface area contributed by atoms with Crippen molar-refractivity contribution in [1.29, 1.82) is 0 Å². The zero-order valence-electron chi connectivity index (χ0n) is 19.6. The first-order valence-electron chi connectivity index (χ1n) is 10.9. The summed E-state index contributed by atoms with van der Waals surface area (Å²) in [5.41, 5.74) is 1.40. The van der Waals surface area contributed by atoms with Crippen LogP contribution in [0.3, 0.4) is 0 Å². The maximum atomic E-state index is 12.1. The van der Waals surface area contributed by atoms with Crippen LogP contribution in [0.2, 0.25) is 0 Å². The minimum Gasteiger partial charge on any atom is -0.495 e. The molecule has 0 atom stereocenters. The molecule has 2 aromatic carbocycles. The van der Waals surface area contributed by atoms with Gasteiger partial charge in [-0.3, -0.25) is 14.4 Å². The zero-order valence-corrected chi connectivity index (χ0v) is 19.6. The molecule has 0 aliphatic heterocycles. The van der Waals surface area contributed by atoms with E-state index < -0.39 is 24.5 Å². The maximum absolute atomic E-state index is 12.1. The third-order valence-electron chi connectivity index (χ3n) is 4.48. The van der Waals surface area contributed by atoms with E-state index in [1.165, 1.54) is 7.11 Å². The minimum atomic E-state index is -0.577. The van der Waals surface area contributed by atoms with Gasteiger partial charge in [0.1, 0.15) is 5.75 Å². The lowest BCUT2D eigenvalue weighted by molar-refractivity contribution is -0.147. The Balaban J connectivity index is 1.66. The molecule has 182 valence electrons. The molecule has 0 aliphatic rings. The Bertz CT molecular complexity index is 987. The second kappa shape index (κ2) is 13.6. The second-order valence-electron chi connectivity index (χ2n) is 7.88. The Labute approximate surface area is 198 Å². The summed E-state index contributed by atoms with van der Waals surface area (Å²) >= 11 is 0. The van der Waals surface area contributed by atoms with Gasteiger partial charge in [-0.15, -0.1) is 0 Å². The molecule has 9 heteroatoms. The van der Waals surface area contributed by atoms with Gasteiger partial charge in [-0.2, -0.15) is 0 Å². The van der Waals surface area contributed by atoms with Crippen LogP contribution in [-0.4, -0.2) is 44.1 Å². The second-order valence-corrected chi connectivity index (χ2v) is 7.88. The quantitative estimate of drug-likeness (QED) is 0.453. The highest BCUT2D eigenvalue weighted by Gasteiger charge is 2.12. The van der Waals surface area contributed by atoms with Crippen LogP contribution in [0, 0.1) is 5.92 Å². The largest absolute Gasteiger partial charge is 0.495 e. The van der Waals surface area contributed by atoms with E-state index in [2.05, 4.69) is 10.6 Å². The molecule has 0 saturated carbocycles. The molecular formula is C25H30N2O7. The van der Waals surface area contributed by atoms with E-state index in [-0.39, 0.29) is 31.1 Å². The first-order valence-corrected chi connectivity index (χ1v) is 10.9. The standard InChI is InChI=1S/C25H30N2O7/c1-17(2)15-34-25(31)18-11-13-19(14-12-18)26-22(28)9-6-10-24(30)33-16-23(29)27-20-7-4-5-8-21(20)32-3/h4-5,7-8,11-14,17H,6,9-10,15-16H2,1-3H3,(H,26,28)(H,27,29). The van der Waals surface area contributed by atoms with E-state index in [4.69, 9.17) is 14.2 Å². The predicted octanol–water partition coefficient (Wildman–Crippen LogP) is 3.80. The van der Waals surface area contributed by atoms with E-state index in [1.54, 1.807) is 48.5 Å². The summed E-state index contributed by atoms with van der Waals surface area (Å²) < 4.78 is 15.3. The highest BCUT2D eigenvalue weighted by atomic mass is 16.5. The Morgan fingerprint density at radius 1 is 0.853 bits per heavy atom. The smallest absolute Gasteiger partial charge is 0.338 e. The van der Waals surface area contributed by atoms with Gasteiger partial charge in [0, 0.05) is 18.5 Å². The van der Waals surface area contributed by atoms with E-state index in [0.29, 0.717) is 29.3 Å². The van der Waals surface area contributed by atoms with Crippen molar-refractivity contribution < 1.29 is 33.4 Å². The average Bonchev–Trinajstić information content (AvgIpc) is 2.82. The van der Waals surface area contributed by atoms with E-state index in [1.807, 2.05) is 13.8 Å². The Hall–Kier alpha value is -3.88. The molecule has 0 radical (unpaired) electrons. The minimum absolute atomic E-state index is 0.00398. The number of nitrogens with one attached hydrogen (secondary N) is 2. The van der Waals surface area contributed by atoms with Gasteiger partial charge in [0.15, 0.2) is 6.61 Å². The van der Waals surface area contributed by atoms with Crippen LogP contribution in [0.25, 0.3) is 0 Å². The predicted molar refractivity (Wildman–Crippen MR) is 127 cm³/mol. The monoisotopic (exact) mass is 470 g/mol. The average molecular weight is 471 g/mol. The van der Waals surface area contributed by atoms with Gasteiger partial charge in [-0.25, -0.2) is 4.79 Å². The Morgan fingerprint density at radius 2 is 1.56 bits per heavy atom. The van der Waals surface area contributed by atoms with Crippen LogP contribution >= 0.6 is 0 Å². The van der Waals surface area contributed by atoms with Gasteiger partial charge in [0.25, 0.3) is 5.91 Å². The normalized spacial score (nSPS) is 10.4. The van der Waals surface area contributed by atoms with Gasteiger partial charge in [-0.05, 0) is 48.7 Å². The van der Waals surface area contributed by atoms with E-state index in [9.17, 15) is 19.2 Å². The highest BCUT2D eigenvalue weighted by Crippen LogP contribution is 2.22. The molecule has 9 nitrogen and oxygen atoms in total. The summed E-state index contributed by atoms with van der Waals surface area (Å²) in [6, 6.07) is 13.2. The van der Waals surface area contributed by atoms with Crippen molar-refractivity contribution in [3.63, 3.8) is 0 Å². The molecular weight excluding hydrogens is 440 g/mol. The van der Waals surface area contributed by atoms with Crippen LogP contribution in [0.5, 0.6) is 5.75 Å². The molecule has 0 fully saturated rings. The highest BCUT2D eigenvalue weighted by molar-refractivity contribution is 5.94. The number of amides is 2. The number of ether oxygens (including phenoxy) is 3. The fraction of sp³-hybridized carbons (Fsp3) is 0.360.